The van der Waals surface area contributed by atoms with Gasteiger partial charge in [-0.1, -0.05) is 11.6 Å². The summed E-state index contributed by atoms with van der Waals surface area (Å²) in [5.74, 6) is 0.598. The molecule has 1 amide bonds. The van der Waals surface area contributed by atoms with Crippen LogP contribution in [0.2, 0.25) is 5.02 Å². The molecular weight excluding hydrogens is 374 g/mol. The Balaban J connectivity index is 1.64. The van der Waals surface area contributed by atoms with Crippen LogP contribution in [0.5, 0.6) is 5.75 Å². The minimum atomic E-state index is -0.961. The van der Waals surface area contributed by atoms with Crippen molar-refractivity contribution in [2.24, 2.45) is 0 Å². The van der Waals surface area contributed by atoms with Crippen LogP contribution < -0.4 is 9.64 Å². The molecule has 0 unspecified atom stereocenters. The van der Waals surface area contributed by atoms with Crippen LogP contribution in [0.3, 0.4) is 0 Å². The Hall–Kier alpha value is -2.71. The molecule has 1 fully saturated rings. The zero-order valence-corrected chi connectivity index (χ0v) is 16.9. The van der Waals surface area contributed by atoms with E-state index in [4.69, 9.17) is 21.6 Å². The summed E-state index contributed by atoms with van der Waals surface area (Å²) in [6.07, 6.45) is 0.878. The molecule has 3 rings (SSSR count). The van der Waals surface area contributed by atoms with Gasteiger partial charge < -0.3 is 14.5 Å². The molecule has 28 heavy (non-hydrogen) atoms. The van der Waals surface area contributed by atoms with Crippen molar-refractivity contribution in [2.45, 2.75) is 25.9 Å². The lowest BCUT2D eigenvalue weighted by Gasteiger charge is -2.32. The van der Waals surface area contributed by atoms with Gasteiger partial charge in [0.15, 0.2) is 5.60 Å². The second-order valence-electron chi connectivity index (χ2n) is 7.36. The van der Waals surface area contributed by atoms with Crippen molar-refractivity contribution in [2.75, 3.05) is 31.1 Å². The minimum absolute atomic E-state index is 0.0240. The maximum atomic E-state index is 13.1. The largest absolute Gasteiger partial charge is 0.478 e. The van der Waals surface area contributed by atoms with Crippen LogP contribution >= 0.6 is 11.6 Å². The van der Waals surface area contributed by atoms with Crippen LogP contribution in [0.25, 0.3) is 0 Å². The zero-order chi connectivity index (χ0) is 20.1. The normalized spacial score (nSPS) is 14.9. The number of nitriles is 1. The van der Waals surface area contributed by atoms with Crippen LogP contribution in [0.1, 0.15) is 25.8 Å². The van der Waals surface area contributed by atoms with E-state index in [0.29, 0.717) is 29.4 Å². The van der Waals surface area contributed by atoms with E-state index in [-0.39, 0.29) is 5.91 Å². The molecule has 2 aromatic rings. The average Bonchev–Trinajstić information content (AvgIpc) is 2.95. The molecule has 0 atom stereocenters. The number of anilines is 1. The summed E-state index contributed by atoms with van der Waals surface area (Å²) in [6.45, 7) is 6.54. The molecule has 5 nitrogen and oxygen atoms in total. The fourth-order valence-corrected chi connectivity index (χ4v) is 3.47. The maximum absolute atomic E-state index is 13.1. The van der Waals surface area contributed by atoms with E-state index >= 15 is 0 Å². The Kier molecular flexibility index (Phi) is 6.11. The Bertz CT molecular complexity index is 857. The molecule has 0 aliphatic carbocycles. The molecule has 2 aromatic carbocycles. The zero-order valence-electron chi connectivity index (χ0n) is 16.2. The standard InChI is InChI=1S/C22H24ClN3O2/c1-22(2,28-20-10-6-18(23)7-11-20)21(27)26-13-3-12-25(14-15-26)19-8-4-17(16-24)5-9-19/h4-11H,3,12-15H2,1-2H3. The fourth-order valence-electron chi connectivity index (χ4n) is 3.35. The summed E-state index contributed by atoms with van der Waals surface area (Å²) < 4.78 is 5.96. The molecule has 0 aromatic heterocycles. The van der Waals surface area contributed by atoms with Crippen molar-refractivity contribution in [1.82, 2.24) is 4.90 Å². The number of carbonyl (C=O) groups is 1. The van der Waals surface area contributed by atoms with Gasteiger partial charge in [-0.05, 0) is 68.8 Å². The molecular formula is C22H24ClN3O2. The van der Waals surface area contributed by atoms with E-state index in [2.05, 4.69) is 11.0 Å². The topological polar surface area (TPSA) is 56.6 Å². The molecule has 0 radical (unpaired) electrons. The Morgan fingerprint density at radius 2 is 1.71 bits per heavy atom. The number of ether oxygens (including phenoxy) is 1. The van der Waals surface area contributed by atoms with E-state index in [9.17, 15) is 4.79 Å². The smallest absolute Gasteiger partial charge is 0.266 e. The second kappa shape index (κ2) is 8.53. The lowest BCUT2D eigenvalue weighted by atomic mass is 10.1. The summed E-state index contributed by atoms with van der Waals surface area (Å²) in [4.78, 5) is 17.2. The molecule has 146 valence electrons. The number of amides is 1. The first kappa shape index (κ1) is 20.0. The summed E-state index contributed by atoms with van der Waals surface area (Å²) >= 11 is 5.92. The fraction of sp³-hybridized carbons (Fsp3) is 0.364. The maximum Gasteiger partial charge on any atom is 0.266 e. The van der Waals surface area contributed by atoms with Gasteiger partial charge in [0.05, 0.1) is 11.6 Å². The van der Waals surface area contributed by atoms with E-state index in [1.807, 2.05) is 29.2 Å². The summed E-state index contributed by atoms with van der Waals surface area (Å²) in [5.41, 5.74) is 0.763. The van der Waals surface area contributed by atoms with Gasteiger partial charge in [-0.15, -0.1) is 0 Å². The molecule has 1 heterocycles. The summed E-state index contributed by atoms with van der Waals surface area (Å²) in [6, 6.07) is 16.8. The third-order valence-corrected chi connectivity index (χ3v) is 5.10. The molecule has 0 saturated carbocycles. The van der Waals surface area contributed by atoms with E-state index in [0.717, 1.165) is 25.2 Å². The summed E-state index contributed by atoms with van der Waals surface area (Å²) in [5, 5.41) is 9.58. The Morgan fingerprint density at radius 3 is 2.36 bits per heavy atom. The number of rotatable bonds is 4. The predicted octanol–water partition coefficient (Wildman–Crippen LogP) is 4.11. The number of carbonyl (C=O) groups excluding carboxylic acids is 1. The van der Waals surface area contributed by atoms with Crippen molar-refractivity contribution in [3.63, 3.8) is 0 Å². The lowest BCUT2D eigenvalue weighted by Crippen LogP contribution is -2.50. The molecule has 6 heteroatoms. The van der Waals surface area contributed by atoms with Gasteiger partial charge in [0.25, 0.3) is 5.91 Å². The molecule has 0 bridgehead atoms. The first-order valence-corrected chi connectivity index (χ1v) is 9.76. The molecule has 1 saturated heterocycles. The lowest BCUT2D eigenvalue weighted by molar-refractivity contribution is -0.145. The van der Waals surface area contributed by atoms with Crippen LogP contribution in [-0.2, 0) is 4.79 Å². The third kappa shape index (κ3) is 4.76. The van der Waals surface area contributed by atoms with E-state index in [1.165, 1.54) is 0 Å². The van der Waals surface area contributed by atoms with Crippen molar-refractivity contribution >= 4 is 23.2 Å². The number of hydrogen-bond acceptors (Lipinski definition) is 4. The molecule has 1 aliphatic rings. The van der Waals surface area contributed by atoms with Crippen LogP contribution in [0.15, 0.2) is 48.5 Å². The Morgan fingerprint density at radius 1 is 1.04 bits per heavy atom. The minimum Gasteiger partial charge on any atom is -0.478 e. The van der Waals surface area contributed by atoms with E-state index < -0.39 is 5.60 Å². The SMILES string of the molecule is CC(C)(Oc1ccc(Cl)cc1)C(=O)N1CCCN(c2ccc(C#N)cc2)CC1. The highest BCUT2D eigenvalue weighted by Crippen LogP contribution is 2.24. The second-order valence-corrected chi connectivity index (χ2v) is 7.79. The van der Waals surface area contributed by atoms with Crippen molar-refractivity contribution in [3.8, 4) is 11.8 Å². The molecule has 1 aliphatic heterocycles. The van der Waals surface area contributed by atoms with Gasteiger partial charge in [0, 0.05) is 36.9 Å². The first-order chi connectivity index (χ1) is 13.4. The Labute approximate surface area is 171 Å². The van der Waals surface area contributed by atoms with Crippen LogP contribution in [0.4, 0.5) is 5.69 Å². The average molecular weight is 398 g/mol. The van der Waals surface area contributed by atoms with Crippen LogP contribution in [0, 0.1) is 11.3 Å². The van der Waals surface area contributed by atoms with Gasteiger partial charge in [-0.3, -0.25) is 4.79 Å². The van der Waals surface area contributed by atoms with Gasteiger partial charge in [0.1, 0.15) is 5.75 Å². The number of nitrogens with zero attached hydrogens (tertiary/aromatic N) is 3. The predicted molar refractivity (Wildman–Crippen MR) is 111 cm³/mol. The number of halogens is 1. The van der Waals surface area contributed by atoms with Crippen LogP contribution in [-0.4, -0.2) is 42.6 Å². The monoisotopic (exact) mass is 397 g/mol. The highest BCUT2D eigenvalue weighted by Gasteiger charge is 2.35. The van der Waals surface area contributed by atoms with E-state index in [1.54, 1.807) is 38.1 Å². The van der Waals surface area contributed by atoms with Gasteiger partial charge >= 0.3 is 0 Å². The summed E-state index contributed by atoms with van der Waals surface area (Å²) in [7, 11) is 0. The highest BCUT2D eigenvalue weighted by molar-refractivity contribution is 6.30. The van der Waals surface area contributed by atoms with Gasteiger partial charge in [-0.25, -0.2) is 0 Å². The third-order valence-electron chi connectivity index (χ3n) is 4.85. The highest BCUT2D eigenvalue weighted by atomic mass is 35.5. The van der Waals surface area contributed by atoms with Gasteiger partial charge in [-0.2, -0.15) is 5.26 Å². The quantitative estimate of drug-likeness (QED) is 0.779. The van der Waals surface area contributed by atoms with Crippen molar-refractivity contribution < 1.29 is 9.53 Å². The molecule has 0 spiro atoms. The first-order valence-electron chi connectivity index (χ1n) is 9.38. The number of benzene rings is 2. The van der Waals surface area contributed by atoms with Crippen molar-refractivity contribution in [3.05, 3.63) is 59.1 Å². The molecule has 0 N–H and O–H groups in total. The number of hydrogen-bond donors (Lipinski definition) is 0. The van der Waals surface area contributed by atoms with Crippen molar-refractivity contribution in [1.29, 1.82) is 5.26 Å². The van der Waals surface area contributed by atoms with Gasteiger partial charge in [0.2, 0.25) is 0 Å².